The van der Waals surface area contributed by atoms with Crippen molar-refractivity contribution in [3.05, 3.63) is 45.1 Å². The summed E-state index contributed by atoms with van der Waals surface area (Å²) in [6.07, 6.45) is 2.06. The lowest BCUT2D eigenvalue weighted by Gasteiger charge is -2.12. The normalized spacial score (nSPS) is 11.2. The van der Waals surface area contributed by atoms with Gasteiger partial charge in [0.05, 0.1) is 18.2 Å². The van der Waals surface area contributed by atoms with Gasteiger partial charge in [0.25, 0.3) is 5.56 Å². The number of nitrogens with zero attached hydrogens (tertiary/aromatic N) is 2. The van der Waals surface area contributed by atoms with E-state index in [2.05, 4.69) is 13.8 Å². The minimum absolute atomic E-state index is 0.0159. The molecule has 3 aromatic rings. The molecule has 0 spiro atoms. The predicted molar refractivity (Wildman–Crippen MR) is 107 cm³/mol. The van der Waals surface area contributed by atoms with Crippen LogP contribution in [0.4, 0.5) is 0 Å². The average molecular weight is 375 g/mol. The molecule has 0 amide bonds. The lowest BCUT2D eigenvalue weighted by atomic mass is 10.1. The third-order valence-corrected chi connectivity index (χ3v) is 6.18. The zero-order chi connectivity index (χ0) is 18.0. The molecule has 132 valence electrons. The molecule has 0 aliphatic rings. The molecule has 0 unspecified atom stereocenters. The summed E-state index contributed by atoms with van der Waals surface area (Å²) in [5, 5.41) is 1.50. The van der Waals surface area contributed by atoms with Gasteiger partial charge in [-0.15, -0.1) is 11.3 Å². The summed E-state index contributed by atoms with van der Waals surface area (Å²) in [4.78, 5) is 20.2. The Labute approximate surface area is 155 Å². The number of ether oxygens (including phenoxy) is 1. The molecule has 25 heavy (non-hydrogen) atoms. The number of rotatable bonds is 6. The van der Waals surface area contributed by atoms with Gasteiger partial charge in [0.2, 0.25) is 0 Å². The standard InChI is InChI=1S/C19H22N2O2S2/c1-5-7-15-12(3)16-17(25-15)20-19(24-6-2)21(18(16)22)13-8-10-14(23-4)11-9-13/h8-11H,5-7H2,1-4H3. The number of aromatic nitrogens is 2. The molecule has 0 aliphatic carbocycles. The first-order valence-corrected chi connectivity index (χ1v) is 10.2. The molecule has 0 atom stereocenters. The first-order chi connectivity index (χ1) is 12.1. The molecule has 6 heteroatoms. The van der Waals surface area contributed by atoms with E-state index in [9.17, 15) is 4.79 Å². The van der Waals surface area contributed by atoms with Crippen molar-refractivity contribution in [3.63, 3.8) is 0 Å². The van der Waals surface area contributed by atoms with Crippen molar-refractivity contribution in [2.45, 2.75) is 38.8 Å². The highest BCUT2D eigenvalue weighted by Gasteiger charge is 2.18. The lowest BCUT2D eigenvalue weighted by molar-refractivity contribution is 0.414. The minimum Gasteiger partial charge on any atom is -0.497 e. The summed E-state index contributed by atoms with van der Waals surface area (Å²) >= 11 is 3.25. The summed E-state index contributed by atoms with van der Waals surface area (Å²) in [7, 11) is 1.64. The van der Waals surface area contributed by atoms with Crippen molar-refractivity contribution < 1.29 is 4.74 Å². The van der Waals surface area contributed by atoms with Gasteiger partial charge < -0.3 is 4.74 Å². The second kappa shape index (κ2) is 7.62. The summed E-state index contributed by atoms with van der Waals surface area (Å²) in [6, 6.07) is 7.55. The smallest absolute Gasteiger partial charge is 0.267 e. The van der Waals surface area contributed by atoms with Gasteiger partial charge in [-0.2, -0.15) is 0 Å². The van der Waals surface area contributed by atoms with Crippen LogP contribution in [0.2, 0.25) is 0 Å². The van der Waals surface area contributed by atoms with Crippen molar-refractivity contribution in [3.8, 4) is 11.4 Å². The monoisotopic (exact) mass is 374 g/mol. The molecule has 4 nitrogen and oxygen atoms in total. The van der Waals surface area contributed by atoms with Crippen molar-refractivity contribution in [1.82, 2.24) is 9.55 Å². The van der Waals surface area contributed by atoms with E-state index < -0.39 is 0 Å². The number of hydrogen-bond donors (Lipinski definition) is 0. The minimum atomic E-state index is 0.0159. The van der Waals surface area contributed by atoms with Crippen LogP contribution < -0.4 is 10.3 Å². The molecule has 0 bridgehead atoms. The van der Waals surface area contributed by atoms with Gasteiger partial charge in [-0.1, -0.05) is 32.0 Å². The van der Waals surface area contributed by atoms with Gasteiger partial charge in [-0.25, -0.2) is 4.98 Å². The first-order valence-electron chi connectivity index (χ1n) is 8.42. The quantitative estimate of drug-likeness (QED) is 0.458. The van der Waals surface area contributed by atoms with E-state index in [0.29, 0.717) is 0 Å². The molecule has 0 aliphatic heterocycles. The fourth-order valence-corrected chi connectivity index (χ4v) is 4.92. The molecule has 3 rings (SSSR count). The maximum Gasteiger partial charge on any atom is 0.267 e. The van der Waals surface area contributed by atoms with Crippen LogP contribution in [-0.2, 0) is 6.42 Å². The van der Waals surface area contributed by atoms with Gasteiger partial charge in [-0.05, 0) is 48.9 Å². The van der Waals surface area contributed by atoms with Crippen LogP contribution >= 0.6 is 23.1 Å². The number of hydrogen-bond acceptors (Lipinski definition) is 5. The van der Waals surface area contributed by atoms with Gasteiger partial charge in [-0.3, -0.25) is 9.36 Å². The predicted octanol–water partition coefficient (Wildman–Crippen LogP) is 4.83. The van der Waals surface area contributed by atoms with E-state index in [0.717, 1.165) is 51.0 Å². The third kappa shape index (κ3) is 3.33. The maximum absolute atomic E-state index is 13.3. The van der Waals surface area contributed by atoms with Crippen LogP contribution in [0.25, 0.3) is 15.9 Å². The Morgan fingerprint density at radius 2 is 1.96 bits per heavy atom. The summed E-state index contributed by atoms with van der Waals surface area (Å²) in [6.45, 7) is 6.27. The van der Waals surface area contributed by atoms with Crippen LogP contribution in [0.5, 0.6) is 5.75 Å². The molecule has 0 fully saturated rings. The van der Waals surface area contributed by atoms with E-state index in [-0.39, 0.29) is 5.56 Å². The Hall–Kier alpha value is -1.79. The molecule has 0 saturated heterocycles. The highest BCUT2D eigenvalue weighted by atomic mass is 32.2. The summed E-state index contributed by atoms with van der Waals surface area (Å²) in [5.74, 6) is 1.63. The molecule has 2 aromatic heterocycles. The Morgan fingerprint density at radius 1 is 1.24 bits per heavy atom. The zero-order valence-corrected chi connectivity index (χ0v) is 16.6. The van der Waals surface area contributed by atoms with Crippen molar-refractivity contribution >= 4 is 33.3 Å². The molecule has 1 aromatic carbocycles. The summed E-state index contributed by atoms with van der Waals surface area (Å²) < 4.78 is 6.95. The van der Waals surface area contributed by atoms with Crippen LogP contribution in [0.3, 0.4) is 0 Å². The second-order valence-electron chi connectivity index (χ2n) is 5.75. The molecular formula is C19H22N2O2S2. The third-order valence-electron chi connectivity index (χ3n) is 4.11. The van der Waals surface area contributed by atoms with Gasteiger partial charge in [0, 0.05) is 4.88 Å². The van der Waals surface area contributed by atoms with Crippen molar-refractivity contribution in [1.29, 1.82) is 0 Å². The Balaban J connectivity index is 2.27. The fourth-order valence-electron chi connectivity index (χ4n) is 2.86. The van der Waals surface area contributed by atoms with Crippen molar-refractivity contribution in [2.75, 3.05) is 12.9 Å². The lowest BCUT2D eigenvalue weighted by Crippen LogP contribution is -2.21. The number of aryl methyl sites for hydroxylation is 2. The SMILES string of the molecule is CCCc1sc2nc(SCC)n(-c3ccc(OC)cc3)c(=O)c2c1C. The van der Waals surface area contributed by atoms with Crippen LogP contribution in [-0.4, -0.2) is 22.4 Å². The largest absolute Gasteiger partial charge is 0.497 e. The molecule has 2 heterocycles. The van der Waals surface area contributed by atoms with Crippen LogP contribution in [0.1, 0.15) is 30.7 Å². The molecule has 0 radical (unpaired) electrons. The van der Waals surface area contributed by atoms with Crippen molar-refractivity contribution in [2.24, 2.45) is 0 Å². The van der Waals surface area contributed by atoms with Gasteiger partial charge in [0.15, 0.2) is 5.16 Å². The fraction of sp³-hybridized carbons (Fsp3) is 0.368. The average Bonchev–Trinajstić information content (AvgIpc) is 2.92. The maximum atomic E-state index is 13.3. The first kappa shape index (κ1) is 18.0. The van der Waals surface area contributed by atoms with E-state index in [1.807, 2.05) is 31.2 Å². The topological polar surface area (TPSA) is 44.1 Å². The van der Waals surface area contributed by atoms with Gasteiger partial charge in [0.1, 0.15) is 10.6 Å². The van der Waals surface area contributed by atoms with E-state index in [4.69, 9.17) is 9.72 Å². The Morgan fingerprint density at radius 3 is 2.56 bits per heavy atom. The Kier molecular flexibility index (Phi) is 5.49. The van der Waals surface area contributed by atoms with E-state index >= 15 is 0 Å². The van der Waals surface area contributed by atoms with Crippen LogP contribution in [0, 0.1) is 6.92 Å². The molecular weight excluding hydrogens is 352 g/mol. The Bertz CT molecular complexity index is 943. The second-order valence-corrected chi connectivity index (χ2v) is 8.06. The summed E-state index contributed by atoms with van der Waals surface area (Å²) in [5.41, 5.74) is 1.91. The highest BCUT2D eigenvalue weighted by molar-refractivity contribution is 7.99. The molecule has 0 saturated carbocycles. The van der Waals surface area contributed by atoms with E-state index in [1.54, 1.807) is 34.8 Å². The zero-order valence-electron chi connectivity index (χ0n) is 15.0. The van der Waals surface area contributed by atoms with Gasteiger partial charge >= 0.3 is 0 Å². The number of thioether (sulfide) groups is 1. The number of fused-ring (bicyclic) bond motifs is 1. The number of benzene rings is 1. The number of thiophene rings is 1. The van der Waals surface area contributed by atoms with E-state index in [1.165, 1.54) is 4.88 Å². The number of methoxy groups -OCH3 is 1. The highest BCUT2D eigenvalue weighted by Crippen LogP contribution is 2.31. The molecule has 0 N–H and O–H groups in total. The van der Waals surface area contributed by atoms with Crippen LogP contribution in [0.15, 0.2) is 34.2 Å².